The van der Waals surface area contributed by atoms with E-state index in [1.807, 2.05) is 37.3 Å². The zero-order valence-electron chi connectivity index (χ0n) is 14.3. The van der Waals surface area contributed by atoms with Crippen molar-refractivity contribution in [2.45, 2.75) is 6.92 Å². The number of aromatic amines is 1. The SMILES string of the molecule is Cc1ccc2nc(/C(C#N)=C\c3ccc(-c4ccc(Cl)c(Cl)c4)o3)[nH]c2c1. The quantitative estimate of drug-likeness (QED) is 0.403. The fourth-order valence-electron chi connectivity index (χ4n) is 2.78. The number of nitrogens with zero attached hydrogens (tertiary/aromatic N) is 2. The molecule has 0 unspecified atom stereocenters. The van der Waals surface area contributed by atoms with Crippen molar-refractivity contribution in [2.24, 2.45) is 0 Å². The van der Waals surface area contributed by atoms with Crippen molar-refractivity contribution in [3.8, 4) is 17.4 Å². The number of allylic oxidation sites excluding steroid dienone is 1. The lowest BCUT2D eigenvalue weighted by molar-refractivity contribution is 0.572. The van der Waals surface area contributed by atoms with Gasteiger partial charge in [-0.1, -0.05) is 29.3 Å². The highest BCUT2D eigenvalue weighted by atomic mass is 35.5. The first-order valence-corrected chi connectivity index (χ1v) is 8.93. The number of hydrogen-bond acceptors (Lipinski definition) is 3. The number of aromatic nitrogens is 2. The van der Waals surface area contributed by atoms with E-state index in [0.29, 0.717) is 33.0 Å². The molecule has 27 heavy (non-hydrogen) atoms. The number of fused-ring (bicyclic) bond motifs is 1. The number of nitriles is 1. The normalized spacial score (nSPS) is 11.7. The van der Waals surface area contributed by atoms with E-state index in [1.165, 1.54) is 0 Å². The molecule has 2 aromatic heterocycles. The summed E-state index contributed by atoms with van der Waals surface area (Å²) in [5, 5.41) is 10.5. The molecule has 1 N–H and O–H groups in total. The van der Waals surface area contributed by atoms with Crippen LogP contribution in [0.1, 0.15) is 17.1 Å². The van der Waals surface area contributed by atoms with Crippen LogP contribution < -0.4 is 0 Å². The van der Waals surface area contributed by atoms with E-state index >= 15 is 0 Å². The highest BCUT2D eigenvalue weighted by Crippen LogP contribution is 2.30. The van der Waals surface area contributed by atoms with Crippen molar-refractivity contribution in [3.05, 3.63) is 75.7 Å². The Kier molecular flexibility index (Phi) is 4.49. The summed E-state index contributed by atoms with van der Waals surface area (Å²) in [6.45, 7) is 2.01. The fourth-order valence-corrected chi connectivity index (χ4v) is 3.08. The molecule has 0 fully saturated rings. The van der Waals surface area contributed by atoms with E-state index < -0.39 is 0 Å². The van der Waals surface area contributed by atoms with Gasteiger partial charge in [-0.15, -0.1) is 0 Å². The molecule has 6 heteroatoms. The average Bonchev–Trinajstić information content (AvgIpc) is 3.28. The van der Waals surface area contributed by atoms with Crippen LogP contribution in [0, 0.1) is 18.3 Å². The standard InChI is InChI=1S/C21H13Cl2N3O/c1-12-2-6-18-19(8-12)26-21(25-18)14(11-24)9-15-4-7-20(27-15)13-3-5-16(22)17(23)10-13/h2-10H,1H3,(H,25,26)/b14-9-. The summed E-state index contributed by atoms with van der Waals surface area (Å²) in [6.07, 6.45) is 1.66. The summed E-state index contributed by atoms with van der Waals surface area (Å²) in [4.78, 5) is 7.67. The predicted molar refractivity (Wildman–Crippen MR) is 108 cm³/mol. The van der Waals surface area contributed by atoms with E-state index in [4.69, 9.17) is 27.6 Å². The van der Waals surface area contributed by atoms with Gasteiger partial charge in [-0.05, 0) is 55.0 Å². The highest BCUT2D eigenvalue weighted by molar-refractivity contribution is 6.42. The minimum absolute atomic E-state index is 0.388. The Morgan fingerprint density at radius 2 is 1.96 bits per heavy atom. The van der Waals surface area contributed by atoms with E-state index in [0.717, 1.165) is 22.2 Å². The van der Waals surface area contributed by atoms with Crippen molar-refractivity contribution in [2.75, 3.05) is 0 Å². The number of benzene rings is 2. The van der Waals surface area contributed by atoms with Crippen LogP contribution >= 0.6 is 23.2 Å². The maximum Gasteiger partial charge on any atom is 0.149 e. The first kappa shape index (κ1) is 17.4. The monoisotopic (exact) mass is 393 g/mol. The van der Waals surface area contributed by atoms with Gasteiger partial charge in [0.25, 0.3) is 0 Å². The molecular weight excluding hydrogens is 381 g/mol. The molecule has 0 aliphatic heterocycles. The van der Waals surface area contributed by atoms with Crippen LogP contribution in [-0.2, 0) is 0 Å². The average molecular weight is 394 g/mol. The Labute approximate surface area is 165 Å². The van der Waals surface area contributed by atoms with Gasteiger partial charge in [0.05, 0.1) is 26.7 Å². The van der Waals surface area contributed by atoms with Crippen LogP contribution in [0.3, 0.4) is 0 Å². The summed E-state index contributed by atoms with van der Waals surface area (Å²) in [7, 11) is 0. The van der Waals surface area contributed by atoms with E-state index in [1.54, 1.807) is 24.3 Å². The molecule has 0 saturated carbocycles. The molecule has 0 saturated heterocycles. The second kappa shape index (κ2) is 6.96. The van der Waals surface area contributed by atoms with Crippen molar-refractivity contribution in [3.63, 3.8) is 0 Å². The van der Waals surface area contributed by atoms with Crippen LogP contribution in [0.15, 0.2) is 52.9 Å². The third-order valence-corrected chi connectivity index (χ3v) is 4.87. The maximum absolute atomic E-state index is 9.56. The molecule has 0 bridgehead atoms. The second-order valence-electron chi connectivity index (χ2n) is 6.11. The van der Waals surface area contributed by atoms with Crippen molar-refractivity contribution in [1.82, 2.24) is 9.97 Å². The molecule has 4 rings (SSSR count). The van der Waals surface area contributed by atoms with Gasteiger partial charge >= 0.3 is 0 Å². The lowest BCUT2D eigenvalue weighted by Crippen LogP contribution is -1.84. The molecule has 132 valence electrons. The lowest BCUT2D eigenvalue weighted by atomic mass is 10.2. The number of hydrogen-bond donors (Lipinski definition) is 1. The molecule has 0 radical (unpaired) electrons. The largest absolute Gasteiger partial charge is 0.457 e. The number of rotatable bonds is 3. The van der Waals surface area contributed by atoms with Gasteiger partial charge in [0, 0.05) is 11.6 Å². The molecular formula is C21H13Cl2N3O. The topological polar surface area (TPSA) is 65.6 Å². The van der Waals surface area contributed by atoms with E-state index in [2.05, 4.69) is 16.0 Å². The molecule has 0 aliphatic carbocycles. The number of furan rings is 1. The second-order valence-corrected chi connectivity index (χ2v) is 6.92. The Morgan fingerprint density at radius 3 is 2.74 bits per heavy atom. The van der Waals surface area contributed by atoms with Gasteiger partial charge in [-0.25, -0.2) is 4.98 Å². The van der Waals surface area contributed by atoms with E-state index in [9.17, 15) is 5.26 Å². The van der Waals surface area contributed by atoms with Crippen LogP contribution in [0.4, 0.5) is 0 Å². The van der Waals surface area contributed by atoms with Crippen molar-refractivity contribution in [1.29, 1.82) is 5.26 Å². The Morgan fingerprint density at radius 1 is 1.11 bits per heavy atom. The fraction of sp³-hybridized carbons (Fsp3) is 0.0476. The number of H-pyrrole nitrogens is 1. The summed E-state index contributed by atoms with van der Waals surface area (Å²) < 4.78 is 5.84. The first-order valence-electron chi connectivity index (χ1n) is 8.17. The zero-order chi connectivity index (χ0) is 19.0. The number of halogens is 2. The smallest absolute Gasteiger partial charge is 0.149 e. The third-order valence-electron chi connectivity index (χ3n) is 4.13. The summed E-state index contributed by atoms with van der Waals surface area (Å²) in [5.74, 6) is 1.69. The Bertz CT molecular complexity index is 1230. The van der Waals surface area contributed by atoms with Gasteiger partial charge < -0.3 is 9.40 Å². The summed E-state index contributed by atoms with van der Waals surface area (Å²) in [6, 6.07) is 17.0. The van der Waals surface area contributed by atoms with Crippen LogP contribution in [0.5, 0.6) is 0 Å². The number of imidazole rings is 1. The molecule has 0 spiro atoms. The van der Waals surface area contributed by atoms with Crippen LogP contribution in [0.2, 0.25) is 10.0 Å². The first-order chi connectivity index (χ1) is 13.0. The summed E-state index contributed by atoms with van der Waals surface area (Å²) >= 11 is 12.0. The highest BCUT2D eigenvalue weighted by Gasteiger charge is 2.11. The van der Waals surface area contributed by atoms with Crippen LogP contribution in [0.25, 0.3) is 34.0 Å². The van der Waals surface area contributed by atoms with Gasteiger partial charge in [-0.2, -0.15) is 5.26 Å². The predicted octanol–water partition coefficient (Wildman–Crippen LogP) is 6.50. The van der Waals surface area contributed by atoms with Gasteiger partial charge in [0.2, 0.25) is 0 Å². The van der Waals surface area contributed by atoms with Crippen molar-refractivity contribution < 1.29 is 4.42 Å². The molecule has 4 aromatic rings. The Balaban J connectivity index is 1.69. The Hall–Kier alpha value is -3.00. The summed E-state index contributed by atoms with van der Waals surface area (Å²) in [5.41, 5.74) is 4.02. The molecule has 2 heterocycles. The number of aryl methyl sites for hydroxylation is 1. The van der Waals surface area contributed by atoms with E-state index in [-0.39, 0.29) is 0 Å². The van der Waals surface area contributed by atoms with Crippen molar-refractivity contribution >= 4 is 45.9 Å². The minimum atomic E-state index is 0.388. The molecule has 0 amide bonds. The molecule has 0 atom stereocenters. The van der Waals surface area contributed by atoms with Gasteiger partial charge in [-0.3, -0.25) is 0 Å². The molecule has 4 nitrogen and oxygen atoms in total. The molecule has 2 aromatic carbocycles. The van der Waals surface area contributed by atoms with Gasteiger partial charge in [0.15, 0.2) is 0 Å². The third kappa shape index (κ3) is 3.48. The molecule has 0 aliphatic rings. The minimum Gasteiger partial charge on any atom is -0.457 e. The maximum atomic E-state index is 9.56. The number of nitrogens with one attached hydrogen (secondary N) is 1. The van der Waals surface area contributed by atoms with Gasteiger partial charge in [0.1, 0.15) is 23.4 Å². The zero-order valence-corrected chi connectivity index (χ0v) is 15.8. The van der Waals surface area contributed by atoms with Crippen LogP contribution in [-0.4, -0.2) is 9.97 Å². The lowest BCUT2D eigenvalue weighted by Gasteiger charge is -1.99.